The number of carbonyl (C=O) groups excluding carboxylic acids is 2. The van der Waals surface area contributed by atoms with Crippen LogP contribution >= 0.6 is 7.82 Å². The van der Waals surface area contributed by atoms with Crippen LogP contribution in [0.3, 0.4) is 0 Å². The second kappa shape index (κ2) is 37.0. The van der Waals surface area contributed by atoms with Crippen LogP contribution in [0.25, 0.3) is 0 Å². The number of ether oxygens (including phenoxy) is 2. The molecule has 0 spiro atoms. The van der Waals surface area contributed by atoms with Gasteiger partial charge in [-0.1, -0.05) is 142 Å². The number of aliphatic hydroxyl groups is 1. The van der Waals surface area contributed by atoms with E-state index in [4.69, 9.17) is 19.3 Å². The van der Waals surface area contributed by atoms with Crippen LogP contribution in [0.4, 0.5) is 0 Å². The molecular formula is C43H67O9P. The summed E-state index contributed by atoms with van der Waals surface area (Å²) in [5, 5.41) is 9.81. The number of esters is 2. The average Bonchev–Trinajstić information content (AvgIpc) is 3.12. The minimum Gasteiger partial charge on any atom is -0.462 e. The summed E-state index contributed by atoms with van der Waals surface area (Å²) < 4.78 is 26.2. The SMILES string of the molecule is CC/C=C\C/C=C\C/C=C\CCCCCCCC(=O)OC[C@H](COP(=O)(O)O)OC(=O)CC/C=C\C/C=C\C/C=C\C/C=C/C=C/C(O)C/C=C\CC. The summed E-state index contributed by atoms with van der Waals surface area (Å²) in [6, 6.07) is 0. The topological polar surface area (TPSA) is 140 Å². The first-order chi connectivity index (χ1) is 25.7. The smallest absolute Gasteiger partial charge is 0.462 e. The van der Waals surface area contributed by atoms with Crippen LogP contribution in [0.15, 0.2) is 109 Å². The number of unbranched alkanes of at least 4 members (excludes halogenated alkanes) is 5. The number of hydrogen-bond donors (Lipinski definition) is 3. The number of rotatable bonds is 33. The van der Waals surface area contributed by atoms with E-state index in [0.717, 1.165) is 70.6 Å². The fourth-order valence-corrected chi connectivity index (χ4v) is 4.91. The molecule has 0 aliphatic rings. The van der Waals surface area contributed by atoms with Gasteiger partial charge in [0.2, 0.25) is 0 Å². The van der Waals surface area contributed by atoms with Crippen LogP contribution in [0, 0.1) is 0 Å². The van der Waals surface area contributed by atoms with E-state index in [1.165, 1.54) is 0 Å². The summed E-state index contributed by atoms with van der Waals surface area (Å²) in [7, 11) is -4.79. The van der Waals surface area contributed by atoms with Crippen LogP contribution in [0.2, 0.25) is 0 Å². The Kier molecular flexibility index (Phi) is 34.7. The van der Waals surface area contributed by atoms with Gasteiger partial charge in [0.05, 0.1) is 12.7 Å². The molecular weight excluding hydrogens is 691 g/mol. The highest BCUT2D eigenvalue weighted by molar-refractivity contribution is 7.46. The lowest BCUT2D eigenvalue weighted by Crippen LogP contribution is -2.29. The Labute approximate surface area is 319 Å². The lowest BCUT2D eigenvalue weighted by molar-refractivity contribution is -0.161. The van der Waals surface area contributed by atoms with Crippen LogP contribution in [0.1, 0.15) is 123 Å². The number of carbonyl (C=O) groups is 2. The first kappa shape index (κ1) is 49.7. The van der Waals surface area contributed by atoms with E-state index in [0.29, 0.717) is 25.7 Å². The fraction of sp³-hybridized carbons (Fsp3) is 0.535. The molecule has 0 aromatic rings. The second-order valence-corrected chi connectivity index (χ2v) is 13.6. The van der Waals surface area contributed by atoms with Crippen LogP contribution in [-0.4, -0.2) is 52.3 Å². The maximum absolute atomic E-state index is 12.3. The van der Waals surface area contributed by atoms with Crippen molar-refractivity contribution in [2.45, 2.75) is 135 Å². The van der Waals surface area contributed by atoms with Gasteiger partial charge in [-0.3, -0.25) is 14.1 Å². The molecule has 0 saturated carbocycles. The molecule has 9 nitrogen and oxygen atoms in total. The third-order valence-electron chi connectivity index (χ3n) is 7.38. The minimum atomic E-state index is -4.79. The molecule has 3 N–H and O–H groups in total. The van der Waals surface area contributed by atoms with Crippen LogP contribution in [0.5, 0.6) is 0 Å². The Morgan fingerprint density at radius 2 is 1.11 bits per heavy atom. The van der Waals surface area contributed by atoms with Crippen LogP contribution < -0.4 is 0 Å². The maximum Gasteiger partial charge on any atom is 0.469 e. The van der Waals surface area contributed by atoms with Gasteiger partial charge in [0.25, 0.3) is 0 Å². The van der Waals surface area contributed by atoms with Gasteiger partial charge in [0.15, 0.2) is 6.10 Å². The molecule has 0 amide bonds. The highest BCUT2D eigenvalue weighted by Gasteiger charge is 2.22. The van der Waals surface area contributed by atoms with Crippen molar-refractivity contribution in [2.24, 2.45) is 0 Å². The molecule has 0 fully saturated rings. The summed E-state index contributed by atoms with van der Waals surface area (Å²) in [6.45, 7) is 3.26. The molecule has 298 valence electrons. The Balaban J connectivity index is 4.20. The highest BCUT2D eigenvalue weighted by Crippen LogP contribution is 2.35. The first-order valence-corrected chi connectivity index (χ1v) is 20.8. The van der Waals surface area contributed by atoms with Gasteiger partial charge < -0.3 is 24.4 Å². The van der Waals surface area contributed by atoms with Crippen molar-refractivity contribution in [3.8, 4) is 0 Å². The lowest BCUT2D eigenvalue weighted by atomic mass is 10.1. The van der Waals surface area contributed by atoms with E-state index >= 15 is 0 Å². The third kappa shape index (κ3) is 39.7. The fourth-order valence-electron chi connectivity index (χ4n) is 4.55. The molecule has 0 saturated heterocycles. The normalized spacial score (nSPS) is 14.3. The Morgan fingerprint density at radius 3 is 1.74 bits per heavy atom. The van der Waals surface area contributed by atoms with E-state index in [1.54, 1.807) is 6.08 Å². The zero-order valence-electron chi connectivity index (χ0n) is 32.2. The standard InChI is InChI=1S/C43H67O9P/c1-3-5-7-8-9-10-11-12-13-16-19-22-25-28-32-36-42(45)50-38-41(39-51-53(47,48)49)52-43(46)37-33-29-26-23-20-17-14-15-18-21-24-27-31-35-40(44)34-30-6-4-2/h5-7,9-10,12-13,15,17-18,20,24,26-27,29-31,35,40-41,44H,3-4,8,11,14,16,19,21-23,25,28,32-34,36-39H2,1-2H3,(H2,47,48,49)/b7-5-,10-9-,13-12-,18-15-,20-17-,27-24+,29-26-,30-6-,35-31+/t40?,41-/m1/s1. The Morgan fingerprint density at radius 1 is 0.585 bits per heavy atom. The largest absolute Gasteiger partial charge is 0.469 e. The third-order valence-corrected chi connectivity index (χ3v) is 7.87. The zero-order chi connectivity index (χ0) is 39.1. The summed E-state index contributed by atoms with van der Waals surface area (Å²) >= 11 is 0. The van der Waals surface area contributed by atoms with Gasteiger partial charge >= 0.3 is 19.8 Å². The molecule has 0 radical (unpaired) electrons. The molecule has 0 aromatic heterocycles. The molecule has 53 heavy (non-hydrogen) atoms. The molecule has 0 aliphatic heterocycles. The van der Waals surface area contributed by atoms with Gasteiger partial charge in [-0.15, -0.1) is 0 Å². The lowest BCUT2D eigenvalue weighted by Gasteiger charge is -2.18. The predicted molar refractivity (Wildman–Crippen MR) is 217 cm³/mol. The van der Waals surface area contributed by atoms with E-state index in [2.05, 4.69) is 73.1 Å². The van der Waals surface area contributed by atoms with E-state index in [-0.39, 0.29) is 19.4 Å². The summed E-state index contributed by atoms with van der Waals surface area (Å²) in [4.78, 5) is 42.7. The summed E-state index contributed by atoms with van der Waals surface area (Å²) in [6.07, 6.45) is 48.6. The van der Waals surface area contributed by atoms with Crippen molar-refractivity contribution < 1.29 is 43.0 Å². The number of aliphatic hydroxyl groups excluding tert-OH is 1. The molecule has 0 aromatic carbocycles. The minimum absolute atomic E-state index is 0.0602. The molecule has 0 rings (SSSR count). The van der Waals surface area contributed by atoms with Crippen molar-refractivity contribution >= 4 is 19.8 Å². The predicted octanol–water partition coefficient (Wildman–Crippen LogP) is 10.6. The first-order valence-electron chi connectivity index (χ1n) is 19.3. The summed E-state index contributed by atoms with van der Waals surface area (Å²) in [5.74, 6) is -1.04. The number of phosphoric ester groups is 1. The van der Waals surface area contributed by atoms with Gasteiger partial charge in [-0.05, 0) is 77.0 Å². The van der Waals surface area contributed by atoms with Crippen molar-refractivity contribution in [1.29, 1.82) is 0 Å². The molecule has 0 bridgehead atoms. The van der Waals surface area contributed by atoms with Gasteiger partial charge in [-0.2, -0.15) is 0 Å². The van der Waals surface area contributed by atoms with Crippen molar-refractivity contribution in [1.82, 2.24) is 0 Å². The number of hydrogen-bond acceptors (Lipinski definition) is 7. The number of allylic oxidation sites excluding steroid dienone is 16. The van der Waals surface area contributed by atoms with E-state index in [1.807, 2.05) is 48.6 Å². The monoisotopic (exact) mass is 758 g/mol. The molecule has 10 heteroatoms. The molecule has 0 aliphatic carbocycles. The highest BCUT2D eigenvalue weighted by atomic mass is 31.2. The van der Waals surface area contributed by atoms with Crippen molar-refractivity contribution in [2.75, 3.05) is 13.2 Å². The maximum atomic E-state index is 12.3. The van der Waals surface area contributed by atoms with Gasteiger partial charge in [0.1, 0.15) is 6.61 Å². The zero-order valence-corrected chi connectivity index (χ0v) is 33.1. The average molecular weight is 759 g/mol. The van der Waals surface area contributed by atoms with Gasteiger partial charge in [-0.25, -0.2) is 4.57 Å². The molecule has 1 unspecified atom stereocenters. The second-order valence-electron chi connectivity index (χ2n) is 12.3. The van der Waals surface area contributed by atoms with E-state index in [9.17, 15) is 19.3 Å². The van der Waals surface area contributed by atoms with Crippen molar-refractivity contribution in [3.05, 3.63) is 109 Å². The van der Waals surface area contributed by atoms with Crippen LogP contribution in [-0.2, 0) is 28.2 Å². The number of phosphoric acid groups is 1. The molecule has 0 heterocycles. The molecule has 2 atom stereocenters. The Bertz CT molecular complexity index is 1230. The van der Waals surface area contributed by atoms with Gasteiger partial charge in [0, 0.05) is 12.8 Å². The summed E-state index contributed by atoms with van der Waals surface area (Å²) in [5.41, 5.74) is 0. The van der Waals surface area contributed by atoms with Crippen molar-refractivity contribution in [3.63, 3.8) is 0 Å². The Hall–Kier alpha value is -3.33. The van der Waals surface area contributed by atoms with E-state index < -0.39 is 38.6 Å². The quantitative estimate of drug-likeness (QED) is 0.0196.